The fraction of sp³-hybridized carbons (Fsp3) is 0.319. The van der Waals surface area contributed by atoms with Gasteiger partial charge in [0, 0.05) is 46.8 Å². The van der Waals surface area contributed by atoms with Gasteiger partial charge in [-0.05, 0) is 103 Å². The Morgan fingerprint density at radius 3 is 1.18 bits per heavy atom. The van der Waals surface area contributed by atoms with Crippen LogP contribution in [-0.2, 0) is 84.0 Å². The quantitative estimate of drug-likeness (QED) is 0.0465. The molecule has 0 radical (unpaired) electrons. The van der Waals surface area contributed by atoms with Gasteiger partial charge in [0.1, 0.15) is 39.2 Å². The van der Waals surface area contributed by atoms with Crippen LogP contribution in [0, 0.1) is 0 Å². The molecule has 4 aromatic heterocycles. The number of H-pyrrole nitrogens is 4. The van der Waals surface area contributed by atoms with E-state index >= 15 is 0 Å². The molecule has 37 heteroatoms. The number of hydrogen-bond donors (Lipinski definition) is 9. The number of nitrogens with zero attached hydrogens (tertiary/aromatic N) is 7. The summed E-state index contributed by atoms with van der Waals surface area (Å²) in [5.74, 6) is 12.5. The van der Waals surface area contributed by atoms with Crippen LogP contribution in [0.4, 0.5) is 0 Å². The van der Waals surface area contributed by atoms with E-state index in [0.29, 0.717) is 90.1 Å². The van der Waals surface area contributed by atoms with E-state index in [1.165, 1.54) is 95.5 Å². The third kappa shape index (κ3) is 16.4. The number of aromatic nitrogens is 8. The average molecular weight is 1330 g/mol. The first kappa shape index (κ1) is 69.1. The summed E-state index contributed by atoms with van der Waals surface area (Å²) in [6.07, 6.45) is 1.64. The first-order valence-corrected chi connectivity index (χ1v) is 36.8. The van der Waals surface area contributed by atoms with Crippen LogP contribution in [0.15, 0.2) is 113 Å². The minimum absolute atomic E-state index is 0. The predicted molar refractivity (Wildman–Crippen MR) is 326 cm³/mol. The minimum Gasteiger partial charge on any atom is -0.379 e. The Balaban J connectivity index is 0.000000204. The highest BCUT2D eigenvalue weighted by molar-refractivity contribution is 7.96. The second-order valence-electron chi connectivity index (χ2n) is 18.1. The zero-order valence-corrected chi connectivity index (χ0v) is 51.6. The van der Waals surface area contributed by atoms with Crippen LogP contribution in [0.2, 0.25) is 0 Å². The van der Waals surface area contributed by atoms with E-state index in [-0.39, 0.29) is 47.6 Å². The molecule has 1 saturated heterocycles. The number of fused-ring (bicyclic) bond motifs is 4. The van der Waals surface area contributed by atoms with Crippen LogP contribution in [0.3, 0.4) is 0 Å². The summed E-state index contributed by atoms with van der Waals surface area (Å²) in [5.41, 5.74) is 3.10. The highest BCUT2D eigenvalue weighted by atomic mass is 32.2. The lowest BCUT2D eigenvalue weighted by Crippen LogP contribution is -2.40. The van der Waals surface area contributed by atoms with Crippen molar-refractivity contribution in [2.45, 2.75) is 81.2 Å². The lowest BCUT2D eigenvalue weighted by Gasteiger charge is -2.25. The van der Waals surface area contributed by atoms with E-state index in [4.69, 9.17) is 4.74 Å². The van der Waals surface area contributed by atoms with Crippen molar-refractivity contribution >= 4 is 147 Å². The van der Waals surface area contributed by atoms with Gasteiger partial charge in [-0.1, -0.05) is 34.6 Å². The van der Waals surface area contributed by atoms with Crippen molar-refractivity contribution in [1.29, 1.82) is 0 Å². The molecule has 0 saturated carbocycles. The fourth-order valence-electron chi connectivity index (χ4n) is 7.44. The SMILES string of the molecule is C.C=S(=O)(O)c1nc2ccc(S(=O)(=O)N(C)C)cc2[nH]1.C=S(=O)(O)c1nc2ccc(S(=O)(=O)N(CC)CC)cc2[nH]1.C=S(=O)(O)c1nc2ccc(S(=O)(=O)N3CCOCC3)cc2[nH]1.C=S(=O)(O)c1nc2ccc(S(=O)(=O)NCCCC)cc2[nH]1. The molecular formula is C47H66N12O17S8. The van der Waals surface area contributed by atoms with Crippen LogP contribution in [0.25, 0.3) is 44.1 Å². The second-order valence-corrected chi connectivity index (χ2v) is 32.6. The summed E-state index contributed by atoms with van der Waals surface area (Å²) in [7, 11) is -25.4. The molecule has 5 heterocycles. The molecule has 84 heavy (non-hydrogen) atoms. The smallest absolute Gasteiger partial charge is 0.243 e. The van der Waals surface area contributed by atoms with Crippen LogP contribution in [0.1, 0.15) is 41.0 Å². The van der Waals surface area contributed by atoms with Crippen LogP contribution >= 0.6 is 0 Å². The van der Waals surface area contributed by atoms with Crippen molar-refractivity contribution < 1.29 is 73.5 Å². The Hall–Kier alpha value is -5.72. The number of ether oxygens (including phenoxy) is 1. The Morgan fingerprint density at radius 2 is 0.845 bits per heavy atom. The molecule has 4 unspecified atom stereocenters. The van der Waals surface area contributed by atoms with E-state index in [0.717, 1.165) is 17.1 Å². The van der Waals surface area contributed by atoms with Gasteiger partial charge in [-0.3, -0.25) is 0 Å². The maximum Gasteiger partial charge on any atom is 0.243 e. The molecule has 0 aliphatic carbocycles. The van der Waals surface area contributed by atoms with Crippen molar-refractivity contribution in [3.63, 3.8) is 0 Å². The third-order valence-electron chi connectivity index (χ3n) is 11.8. The Kier molecular flexibility index (Phi) is 21.8. The molecule has 1 aliphatic rings. The van der Waals surface area contributed by atoms with E-state index < -0.39 is 79.3 Å². The largest absolute Gasteiger partial charge is 0.379 e. The van der Waals surface area contributed by atoms with Gasteiger partial charge in [-0.15, -0.1) is 0 Å². The van der Waals surface area contributed by atoms with Crippen LogP contribution in [-0.4, -0.2) is 205 Å². The molecule has 9 rings (SSSR count). The Bertz CT molecular complexity index is 4650. The summed E-state index contributed by atoms with van der Waals surface area (Å²) >= 11 is 0. The number of nitrogens with one attached hydrogen (secondary N) is 5. The first-order chi connectivity index (χ1) is 38.3. The van der Waals surface area contributed by atoms with Gasteiger partial charge in [-0.25, -0.2) is 79.5 Å². The summed E-state index contributed by atoms with van der Waals surface area (Å²) in [4.78, 5) is 26.6. The third-order valence-corrected chi connectivity index (χ3v) is 22.2. The summed E-state index contributed by atoms with van der Waals surface area (Å²) < 4.78 is 193. The number of aromatic amines is 4. The van der Waals surface area contributed by atoms with Crippen molar-refractivity contribution in [2.24, 2.45) is 0 Å². The molecule has 29 nitrogen and oxygen atoms in total. The monoisotopic (exact) mass is 1330 g/mol. The molecule has 9 N–H and O–H groups in total. The van der Waals surface area contributed by atoms with Gasteiger partial charge in [0.15, 0.2) is 0 Å². The fourth-order valence-corrected chi connectivity index (χ4v) is 14.4. The van der Waals surface area contributed by atoms with Gasteiger partial charge < -0.3 is 42.9 Å². The number of sulfonamides is 4. The predicted octanol–water partition coefficient (Wildman–Crippen LogP) is 3.46. The molecular weight excluding hydrogens is 1260 g/mol. The average Bonchev–Trinajstić information content (AvgIpc) is 2.88. The minimum atomic E-state index is -3.62. The van der Waals surface area contributed by atoms with Crippen LogP contribution in [0.5, 0.6) is 0 Å². The van der Waals surface area contributed by atoms with Gasteiger partial charge in [0.25, 0.3) is 0 Å². The van der Waals surface area contributed by atoms with Gasteiger partial charge in [0.2, 0.25) is 60.7 Å². The van der Waals surface area contributed by atoms with Gasteiger partial charge >= 0.3 is 0 Å². The Labute approximate surface area is 488 Å². The number of benzene rings is 4. The van der Waals surface area contributed by atoms with Crippen molar-refractivity contribution in [3.8, 4) is 0 Å². The second kappa shape index (κ2) is 26.5. The lowest BCUT2D eigenvalue weighted by atomic mass is 10.3. The first-order valence-electron chi connectivity index (χ1n) is 24.2. The standard InChI is InChI=1S/C12H15N3O5S2.2C12H17N3O4S2.C10H13N3O4S2.CH4/c1-21(16,17)12-13-10-3-2-9(8-11(10)14-12)22(18,19)15-4-6-20-7-5-15;1-4-15(5-2)21(18,19)9-6-7-10-11(8-9)14-12(13-10)20(3,16)17;1-3-4-7-13-21(18,19)9-5-6-10-11(8-9)15-12(14-10)20(2,16)17;1-13(2)19(16,17)7-4-5-8-9(6-7)12-10(11-8)18(3,14)15;/h2-3,8H,1,4-7H2,(H,13,14)(H,16,17);6-8H,3-5H2,1-2H3,(H,13,14)(H,16,17);5-6,8,13H,2-4,7H2,1H3,(H,14,15)(H,16,17);4-6H,3H2,1-2H3,(H,11,12)(H,14,15);1H4. The highest BCUT2D eigenvalue weighted by Crippen LogP contribution is 2.26. The van der Waals surface area contributed by atoms with Crippen molar-refractivity contribution in [3.05, 3.63) is 72.8 Å². The molecule has 0 spiro atoms. The van der Waals surface area contributed by atoms with Crippen molar-refractivity contribution in [1.82, 2.24) is 57.5 Å². The van der Waals surface area contributed by atoms with Crippen LogP contribution < -0.4 is 4.72 Å². The van der Waals surface area contributed by atoms with Crippen molar-refractivity contribution in [2.75, 3.05) is 60.0 Å². The van der Waals surface area contributed by atoms with Gasteiger partial charge in [-0.2, -0.15) is 8.61 Å². The summed E-state index contributed by atoms with van der Waals surface area (Å²) in [5, 5.41) is -0.703. The maximum absolute atomic E-state index is 12.6. The maximum atomic E-state index is 12.6. The van der Waals surface area contributed by atoms with E-state index in [1.54, 1.807) is 13.8 Å². The van der Waals surface area contributed by atoms with Gasteiger partial charge in [0.05, 0.1) is 76.9 Å². The lowest BCUT2D eigenvalue weighted by molar-refractivity contribution is 0.0730. The molecule has 1 fully saturated rings. The molecule has 0 bridgehead atoms. The molecule has 1 aliphatic heterocycles. The molecule has 464 valence electrons. The van der Waals surface area contributed by atoms with E-state index in [2.05, 4.69) is 68.1 Å². The van der Waals surface area contributed by atoms with E-state index in [1.807, 2.05) is 6.92 Å². The number of morpholine rings is 1. The molecule has 0 amide bonds. The number of imidazole rings is 4. The normalized spacial score (nSPS) is 16.5. The topological polar surface area (TPSA) is 431 Å². The zero-order valence-electron chi connectivity index (χ0n) is 45.1. The Morgan fingerprint density at radius 1 is 0.524 bits per heavy atom. The number of unbranched alkanes of at least 4 members (excludes halogenated alkanes) is 1. The van der Waals surface area contributed by atoms with E-state index in [9.17, 15) is 68.7 Å². The number of hydrogen-bond acceptors (Lipinski definition) is 17. The highest BCUT2D eigenvalue weighted by Gasteiger charge is 2.28. The summed E-state index contributed by atoms with van der Waals surface area (Å²) in [6, 6.07) is 17.2. The molecule has 4 atom stereocenters. The zero-order chi connectivity index (χ0) is 61.9. The number of rotatable bonds is 17. The summed E-state index contributed by atoms with van der Waals surface area (Å²) in [6.45, 7) is 7.94. The molecule has 8 aromatic rings. The molecule has 4 aromatic carbocycles.